The molecule has 6 amide bonds. The number of carbonyl (C=O) groups excluding carboxylic acids is 6. The summed E-state index contributed by atoms with van der Waals surface area (Å²) in [5.74, 6) is -3.15. The average Bonchev–Trinajstić information content (AvgIpc) is 4.12. The first-order valence-electron chi connectivity index (χ1n) is 21.8. The van der Waals surface area contributed by atoms with Crippen LogP contribution in [0.4, 0.5) is 0 Å². The molecule has 7 atom stereocenters. The minimum Gasteiger partial charge on any atom is -0.394 e. The summed E-state index contributed by atoms with van der Waals surface area (Å²) < 4.78 is 0. The van der Waals surface area contributed by atoms with Crippen molar-refractivity contribution in [1.82, 2.24) is 41.0 Å². The Balaban J connectivity index is 1.11. The SMILES string of the molecule is O=C1NC2(CCCC2)C(=O)N[C@@H](Cc2c[nH]c3ccccc23)C(=O)N[C@@H](CO)C(=O)N2CCC[C@@H]2C(=O)N2[C@H](C[C@H]3CCCC[C@H]32)C(=O)N[C@H]1Cc1c[nH]c2cc(Cl)ccc12. The minimum absolute atomic E-state index is 0.0327. The van der Waals surface area contributed by atoms with Gasteiger partial charge < -0.3 is 46.1 Å². The van der Waals surface area contributed by atoms with Crippen LogP contribution in [0.5, 0.6) is 0 Å². The van der Waals surface area contributed by atoms with Gasteiger partial charge in [0.05, 0.1) is 6.61 Å². The second-order valence-electron chi connectivity index (χ2n) is 17.7. The maximum atomic E-state index is 14.9. The maximum absolute atomic E-state index is 14.9. The van der Waals surface area contributed by atoms with Gasteiger partial charge >= 0.3 is 0 Å². The van der Waals surface area contributed by atoms with Crippen LogP contribution >= 0.6 is 11.6 Å². The monoisotopic (exact) mass is 852 g/mol. The molecule has 4 aromatic rings. The van der Waals surface area contributed by atoms with Crippen molar-refractivity contribution in [2.45, 2.75) is 125 Å². The molecule has 3 aliphatic heterocycles. The van der Waals surface area contributed by atoms with Crippen LogP contribution in [0.1, 0.15) is 81.8 Å². The Morgan fingerprint density at radius 3 is 2.15 bits per heavy atom. The number of benzene rings is 2. The second kappa shape index (κ2) is 16.8. The van der Waals surface area contributed by atoms with Crippen molar-refractivity contribution in [1.29, 1.82) is 0 Å². The highest BCUT2D eigenvalue weighted by molar-refractivity contribution is 6.31. The van der Waals surface area contributed by atoms with Gasteiger partial charge in [-0.2, -0.15) is 0 Å². The molecule has 15 nitrogen and oxygen atoms in total. The fourth-order valence-electron chi connectivity index (χ4n) is 10.9. The smallest absolute Gasteiger partial charge is 0.248 e. The molecule has 2 aromatic carbocycles. The molecule has 2 saturated carbocycles. The molecular formula is C45H53ClN8O7. The highest BCUT2D eigenvalue weighted by atomic mass is 35.5. The van der Waals surface area contributed by atoms with Gasteiger partial charge in [0.25, 0.3) is 0 Å². The van der Waals surface area contributed by atoms with Crippen LogP contribution in [0, 0.1) is 5.92 Å². The number of H-pyrrole nitrogens is 2. The molecule has 1 spiro atoms. The van der Waals surface area contributed by atoms with Crippen LogP contribution in [0.15, 0.2) is 54.9 Å². The summed E-state index contributed by atoms with van der Waals surface area (Å²) in [6, 6.07) is 7.18. The van der Waals surface area contributed by atoms with E-state index in [-0.39, 0.29) is 37.3 Å². The molecule has 2 aromatic heterocycles. The van der Waals surface area contributed by atoms with Crippen molar-refractivity contribution in [2.24, 2.45) is 5.92 Å². The zero-order valence-electron chi connectivity index (χ0n) is 34.0. The van der Waals surface area contributed by atoms with Crippen molar-refractivity contribution in [3.8, 4) is 0 Å². The summed E-state index contributed by atoms with van der Waals surface area (Å²) in [5, 5.41) is 24.6. The predicted octanol–water partition coefficient (Wildman–Crippen LogP) is 3.13. The van der Waals surface area contributed by atoms with E-state index in [1.54, 1.807) is 29.4 Å². The molecular weight excluding hydrogens is 800 g/mol. The van der Waals surface area contributed by atoms with Crippen LogP contribution in [0.25, 0.3) is 21.8 Å². The number of aliphatic hydroxyl groups excluding tert-OH is 1. The zero-order valence-corrected chi connectivity index (χ0v) is 34.8. The molecule has 3 saturated heterocycles. The zero-order chi connectivity index (χ0) is 42.4. The van der Waals surface area contributed by atoms with Gasteiger partial charge in [-0.15, -0.1) is 0 Å². The van der Waals surface area contributed by atoms with E-state index in [9.17, 15) is 33.9 Å². The number of hydrogen-bond donors (Lipinski definition) is 7. The lowest BCUT2D eigenvalue weighted by molar-refractivity contribution is -0.150. The number of amides is 6. The summed E-state index contributed by atoms with van der Waals surface area (Å²) in [6.07, 6.45) is 10.2. The van der Waals surface area contributed by atoms with Crippen molar-refractivity contribution in [3.05, 3.63) is 71.0 Å². The predicted molar refractivity (Wildman–Crippen MR) is 227 cm³/mol. The van der Waals surface area contributed by atoms with E-state index in [4.69, 9.17) is 11.6 Å². The third-order valence-corrected chi connectivity index (χ3v) is 14.3. The average molecular weight is 853 g/mol. The fourth-order valence-corrected chi connectivity index (χ4v) is 11.1. The number of hydrogen-bond acceptors (Lipinski definition) is 7. The largest absolute Gasteiger partial charge is 0.394 e. The third kappa shape index (κ3) is 7.75. The number of aromatic amines is 2. The van der Waals surface area contributed by atoms with E-state index in [1.807, 2.05) is 30.3 Å². The van der Waals surface area contributed by atoms with Crippen molar-refractivity contribution >= 4 is 68.8 Å². The summed E-state index contributed by atoms with van der Waals surface area (Å²) in [5.41, 5.74) is 1.67. The Morgan fingerprint density at radius 2 is 1.38 bits per heavy atom. The van der Waals surface area contributed by atoms with Crippen LogP contribution in [-0.2, 0) is 41.6 Å². The highest BCUT2D eigenvalue weighted by Crippen LogP contribution is 2.41. The van der Waals surface area contributed by atoms with Gasteiger partial charge in [0.1, 0.15) is 35.7 Å². The molecule has 16 heteroatoms. The lowest BCUT2D eigenvalue weighted by Gasteiger charge is -2.38. The van der Waals surface area contributed by atoms with E-state index in [1.165, 1.54) is 4.90 Å². The van der Waals surface area contributed by atoms with Gasteiger partial charge in [-0.3, -0.25) is 28.8 Å². The maximum Gasteiger partial charge on any atom is 0.248 e. The van der Waals surface area contributed by atoms with Gasteiger partial charge in [0.2, 0.25) is 35.4 Å². The Bertz CT molecular complexity index is 2370. The first-order chi connectivity index (χ1) is 29.5. The van der Waals surface area contributed by atoms with E-state index < -0.39 is 71.9 Å². The highest BCUT2D eigenvalue weighted by Gasteiger charge is 2.52. The number of carbonyl (C=O) groups is 6. The molecule has 0 bridgehead atoms. The van der Waals surface area contributed by atoms with E-state index in [0.717, 1.165) is 52.2 Å². The number of fused-ring (bicyclic) bond motifs is 6. The number of halogens is 1. The van der Waals surface area contributed by atoms with Crippen molar-refractivity contribution in [2.75, 3.05) is 13.2 Å². The Morgan fingerprint density at radius 1 is 0.689 bits per heavy atom. The molecule has 61 heavy (non-hydrogen) atoms. The number of nitrogens with zero attached hydrogens (tertiary/aromatic N) is 2. The van der Waals surface area contributed by atoms with E-state index in [2.05, 4.69) is 31.2 Å². The number of aliphatic hydroxyl groups is 1. The number of aromatic nitrogens is 2. The molecule has 0 unspecified atom stereocenters. The normalized spacial score (nSPS) is 28.9. The summed E-state index contributed by atoms with van der Waals surface area (Å²) in [4.78, 5) is 97.5. The fraction of sp³-hybridized carbons (Fsp3) is 0.511. The van der Waals surface area contributed by atoms with Gasteiger partial charge in [-0.05, 0) is 80.2 Å². The van der Waals surface area contributed by atoms with Crippen molar-refractivity contribution in [3.63, 3.8) is 0 Å². The summed E-state index contributed by atoms with van der Waals surface area (Å²) in [6.45, 7) is -0.503. The third-order valence-electron chi connectivity index (χ3n) is 14.0. The van der Waals surface area contributed by atoms with Gasteiger partial charge in [0, 0.05) is 64.7 Å². The molecule has 7 N–H and O–H groups in total. The molecule has 0 radical (unpaired) electrons. The van der Waals surface area contributed by atoms with Gasteiger partial charge in [0.15, 0.2) is 0 Å². The molecule has 5 aliphatic rings. The van der Waals surface area contributed by atoms with E-state index in [0.29, 0.717) is 56.4 Å². The van der Waals surface area contributed by atoms with Crippen LogP contribution in [0.3, 0.4) is 0 Å². The number of rotatable bonds is 5. The standard InChI is InChI=1S/C45H53ClN8O7/c46-28-13-14-30-27(23-48-32(30)21-28)19-34-40(57)52-45(15-5-6-16-45)44(61)51-33(18-26-22-47-31-10-3-2-9-29(26)31)39(56)50-35(24-55)42(59)53-17-7-12-37(53)43(60)54-36-11-4-1-8-25(36)20-38(54)41(58)49-34/h2-3,9-10,13-14,21-23,25,33-38,47-48,55H,1,4-8,11-12,15-20,24H2,(H,49,58)(H,50,56)(H,51,61)(H,52,57)/t25-,33+,34+,35+,36-,37-,38-/m1/s1. The first kappa shape index (κ1) is 41.0. The van der Waals surface area contributed by atoms with Crippen LogP contribution in [0.2, 0.25) is 5.02 Å². The van der Waals surface area contributed by atoms with Crippen LogP contribution < -0.4 is 21.3 Å². The number of nitrogens with one attached hydrogen (secondary N) is 6. The Hall–Kier alpha value is -5.41. The Kier molecular flexibility index (Phi) is 11.3. The Labute approximate surface area is 358 Å². The van der Waals surface area contributed by atoms with Gasteiger partial charge in [-0.25, -0.2) is 0 Å². The molecule has 5 heterocycles. The number of para-hydroxylation sites is 1. The molecule has 9 rings (SSSR count). The van der Waals surface area contributed by atoms with Gasteiger partial charge in [-0.1, -0.05) is 61.5 Å². The topological polar surface area (TPSA) is 209 Å². The lowest BCUT2D eigenvalue weighted by atomic mass is 9.84. The quantitative estimate of drug-likeness (QED) is 0.160. The lowest BCUT2D eigenvalue weighted by Crippen LogP contribution is -2.65. The molecule has 5 fully saturated rings. The summed E-state index contributed by atoms with van der Waals surface area (Å²) >= 11 is 6.30. The van der Waals surface area contributed by atoms with Crippen LogP contribution in [-0.4, -0.2) is 115 Å². The van der Waals surface area contributed by atoms with E-state index >= 15 is 0 Å². The minimum atomic E-state index is -1.42. The molecule has 2 aliphatic carbocycles. The second-order valence-corrected chi connectivity index (χ2v) is 18.1. The summed E-state index contributed by atoms with van der Waals surface area (Å²) in [7, 11) is 0. The molecule has 322 valence electrons. The first-order valence-corrected chi connectivity index (χ1v) is 22.2. The van der Waals surface area contributed by atoms with Crippen molar-refractivity contribution < 1.29 is 33.9 Å².